The van der Waals surface area contributed by atoms with Crippen LogP contribution in [0.5, 0.6) is 0 Å². The molecule has 2 nitrogen and oxygen atoms in total. The summed E-state index contributed by atoms with van der Waals surface area (Å²) in [5.74, 6) is 0. The van der Waals surface area contributed by atoms with Crippen LogP contribution in [0.3, 0.4) is 0 Å². The topological polar surface area (TPSA) is 25.8 Å². The molecule has 0 aliphatic carbocycles. The molecule has 1 aromatic rings. The minimum atomic E-state index is -0.903. The number of hydrogen-bond donors (Lipinski definition) is 0. The van der Waals surface area contributed by atoms with E-state index in [9.17, 15) is 0 Å². The molecule has 0 saturated carbocycles. The van der Waals surface area contributed by atoms with Crippen LogP contribution in [0.25, 0.3) is 0 Å². The van der Waals surface area contributed by atoms with Crippen molar-refractivity contribution in [2.75, 3.05) is 9.86 Å². The SMILES string of the molecule is CI(C)c1ncccn1. The molecule has 0 aromatic carbocycles. The Kier molecular flexibility index (Phi) is 2.38. The molecule has 9 heavy (non-hydrogen) atoms. The summed E-state index contributed by atoms with van der Waals surface area (Å²) in [5.41, 5.74) is 0. The summed E-state index contributed by atoms with van der Waals surface area (Å²) in [4.78, 5) is 12.7. The van der Waals surface area contributed by atoms with Crippen molar-refractivity contribution >= 4 is 19.8 Å². The van der Waals surface area contributed by atoms with Crippen LogP contribution in [-0.2, 0) is 0 Å². The van der Waals surface area contributed by atoms with Crippen molar-refractivity contribution in [1.29, 1.82) is 0 Å². The Balaban J connectivity index is 2.85. The Morgan fingerprint density at radius 3 is 2.11 bits per heavy atom. The maximum atomic E-state index is 4.14. The second-order valence-electron chi connectivity index (χ2n) is 1.77. The van der Waals surface area contributed by atoms with Crippen LogP contribution in [0.2, 0.25) is 0 Å². The first kappa shape index (κ1) is 6.92. The van der Waals surface area contributed by atoms with E-state index in [2.05, 4.69) is 19.8 Å². The van der Waals surface area contributed by atoms with Crippen LogP contribution < -0.4 is 0 Å². The van der Waals surface area contributed by atoms with E-state index >= 15 is 0 Å². The third kappa shape index (κ3) is 1.89. The number of halogens is 1. The van der Waals surface area contributed by atoms with E-state index < -0.39 is 19.8 Å². The Hall–Kier alpha value is -0.190. The van der Waals surface area contributed by atoms with Gasteiger partial charge in [0, 0.05) is 0 Å². The summed E-state index contributed by atoms with van der Waals surface area (Å²) >= 11 is -0.903. The first-order chi connectivity index (χ1) is 4.30. The van der Waals surface area contributed by atoms with Crippen molar-refractivity contribution in [3.63, 3.8) is 0 Å². The maximum absolute atomic E-state index is 4.14. The van der Waals surface area contributed by atoms with E-state index in [0.29, 0.717) is 0 Å². The molecule has 50 valence electrons. The fraction of sp³-hybridized carbons (Fsp3) is 0.333. The van der Waals surface area contributed by atoms with Crippen molar-refractivity contribution in [3.05, 3.63) is 22.3 Å². The summed E-state index contributed by atoms with van der Waals surface area (Å²) in [6.45, 7) is 0. The molecule has 0 bridgehead atoms. The molecule has 0 fully saturated rings. The average molecular weight is 236 g/mol. The molecule has 1 aromatic heterocycles. The van der Waals surface area contributed by atoms with Gasteiger partial charge < -0.3 is 0 Å². The fourth-order valence-electron chi connectivity index (χ4n) is 0.476. The van der Waals surface area contributed by atoms with Gasteiger partial charge in [-0.2, -0.15) is 0 Å². The van der Waals surface area contributed by atoms with Gasteiger partial charge in [0.1, 0.15) is 0 Å². The van der Waals surface area contributed by atoms with Gasteiger partial charge in [0.15, 0.2) is 0 Å². The quantitative estimate of drug-likeness (QED) is 0.418. The zero-order chi connectivity index (χ0) is 6.69. The van der Waals surface area contributed by atoms with E-state index in [1.807, 2.05) is 6.07 Å². The third-order valence-corrected chi connectivity index (χ3v) is 3.36. The number of hydrogen-bond acceptors (Lipinski definition) is 2. The van der Waals surface area contributed by atoms with Gasteiger partial charge in [0.2, 0.25) is 0 Å². The first-order valence-corrected chi connectivity index (χ1v) is 7.97. The van der Waals surface area contributed by atoms with Crippen LogP contribution in [0.15, 0.2) is 18.5 Å². The molecule has 0 unspecified atom stereocenters. The zero-order valence-corrected chi connectivity index (χ0v) is 7.66. The number of nitrogens with zero attached hydrogens (tertiary/aromatic N) is 2. The minimum absolute atomic E-state index is 0.903. The predicted molar refractivity (Wildman–Crippen MR) is 46.6 cm³/mol. The molecule has 0 aliphatic heterocycles. The Morgan fingerprint density at radius 2 is 1.78 bits per heavy atom. The predicted octanol–water partition coefficient (Wildman–Crippen LogP) is 1.41. The van der Waals surface area contributed by atoms with Crippen LogP contribution >= 0.6 is 19.8 Å². The van der Waals surface area contributed by atoms with Gasteiger partial charge in [0.05, 0.1) is 0 Å². The molecular formula is C6H9IN2. The van der Waals surface area contributed by atoms with E-state index in [-0.39, 0.29) is 0 Å². The summed E-state index contributed by atoms with van der Waals surface area (Å²) in [7, 11) is 0. The van der Waals surface area contributed by atoms with Gasteiger partial charge in [-0.05, 0) is 0 Å². The normalized spacial score (nSPS) is 11.1. The molecule has 0 spiro atoms. The van der Waals surface area contributed by atoms with Gasteiger partial charge in [-0.25, -0.2) is 0 Å². The zero-order valence-electron chi connectivity index (χ0n) is 5.50. The van der Waals surface area contributed by atoms with Crippen LogP contribution in [0.1, 0.15) is 0 Å². The Bertz CT molecular complexity index is 174. The molecule has 0 N–H and O–H groups in total. The van der Waals surface area contributed by atoms with E-state index in [0.717, 1.165) is 3.83 Å². The van der Waals surface area contributed by atoms with Gasteiger partial charge in [-0.15, -0.1) is 0 Å². The van der Waals surface area contributed by atoms with Crippen LogP contribution in [-0.4, -0.2) is 19.8 Å². The van der Waals surface area contributed by atoms with Crippen molar-refractivity contribution in [2.45, 2.75) is 0 Å². The van der Waals surface area contributed by atoms with Crippen molar-refractivity contribution in [2.24, 2.45) is 0 Å². The second-order valence-corrected chi connectivity index (χ2v) is 7.05. The summed E-state index contributed by atoms with van der Waals surface area (Å²) in [6.07, 6.45) is 3.61. The molecular weight excluding hydrogens is 227 g/mol. The third-order valence-electron chi connectivity index (χ3n) is 0.872. The van der Waals surface area contributed by atoms with Gasteiger partial charge >= 0.3 is 61.9 Å². The molecule has 0 atom stereocenters. The van der Waals surface area contributed by atoms with Crippen molar-refractivity contribution in [1.82, 2.24) is 9.97 Å². The van der Waals surface area contributed by atoms with Gasteiger partial charge in [-0.3, -0.25) is 0 Å². The van der Waals surface area contributed by atoms with Crippen molar-refractivity contribution < 1.29 is 0 Å². The summed E-state index contributed by atoms with van der Waals surface area (Å²) in [5, 5.41) is 0. The molecule has 0 radical (unpaired) electrons. The molecule has 0 aliphatic rings. The summed E-state index contributed by atoms with van der Waals surface area (Å²) in [6, 6.07) is 1.85. The fourth-order valence-corrected chi connectivity index (χ4v) is 1.91. The van der Waals surface area contributed by atoms with Crippen LogP contribution in [0.4, 0.5) is 0 Å². The molecule has 3 heteroatoms. The molecule has 1 heterocycles. The van der Waals surface area contributed by atoms with E-state index in [1.165, 1.54) is 0 Å². The standard InChI is InChI=1S/C6H9IN2/c1-7(2)6-8-4-3-5-9-6/h3-5H,1-2H3. The monoisotopic (exact) mass is 236 g/mol. The molecule has 1 rings (SSSR count). The number of alkyl halides is 2. The van der Waals surface area contributed by atoms with E-state index in [1.54, 1.807) is 12.4 Å². The van der Waals surface area contributed by atoms with Gasteiger partial charge in [0.25, 0.3) is 0 Å². The molecule has 0 amide bonds. The Labute approximate surface area is 62.1 Å². The summed E-state index contributed by atoms with van der Waals surface area (Å²) < 4.78 is 1.07. The average Bonchev–Trinajstić information content (AvgIpc) is 1.90. The number of aromatic nitrogens is 2. The van der Waals surface area contributed by atoms with Crippen molar-refractivity contribution in [3.8, 4) is 0 Å². The molecule has 0 saturated heterocycles. The van der Waals surface area contributed by atoms with E-state index in [4.69, 9.17) is 0 Å². The first-order valence-electron chi connectivity index (χ1n) is 2.58. The Morgan fingerprint density at radius 1 is 1.22 bits per heavy atom. The van der Waals surface area contributed by atoms with Crippen LogP contribution in [0, 0.1) is 3.83 Å². The second kappa shape index (κ2) is 3.10. The number of rotatable bonds is 1. The van der Waals surface area contributed by atoms with Gasteiger partial charge in [-0.1, -0.05) is 0 Å².